The monoisotopic (exact) mass is 418 g/mol. The molecular weight excluding hydrogens is 401 g/mol. The molecule has 0 unspecified atom stereocenters. The summed E-state index contributed by atoms with van der Waals surface area (Å²) in [4.78, 5) is 27.1. The lowest BCUT2D eigenvalue weighted by Crippen LogP contribution is -2.22. The lowest BCUT2D eigenvalue weighted by Gasteiger charge is -2.10. The molecule has 0 radical (unpaired) electrons. The molecule has 2 heterocycles. The van der Waals surface area contributed by atoms with Crippen molar-refractivity contribution in [1.29, 1.82) is 0 Å². The summed E-state index contributed by atoms with van der Waals surface area (Å²) >= 11 is 5.70. The van der Waals surface area contributed by atoms with Gasteiger partial charge in [-0.15, -0.1) is 0 Å². The van der Waals surface area contributed by atoms with Crippen LogP contribution in [0.5, 0.6) is 0 Å². The second kappa shape index (κ2) is 8.59. The van der Waals surface area contributed by atoms with E-state index in [1.165, 1.54) is 0 Å². The number of carbonyl (C=O) groups is 2. The van der Waals surface area contributed by atoms with E-state index in [1.54, 1.807) is 11.7 Å². The van der Waals surface area contributed by atoms with Crippen molar-refractivity contribution in [3.63, 3.8) is 0 Å². The summed E-state index contributed by atoms with van der Waals surface area (Å²) in [5.74, 6) is -1.61. The molecule has 0 bridgehead atoms. The van der Waals surface area contributed by atoms with Crippen molar-refractivity contribution in [3.8, 4) is 0 Å². The number of pyridine rings is 1. The summed E-state index contributed by atoms with van der Waals surface area (Å²) in [5.41, 5.74) is 1.65. The third-order valence-corrected chi connectivity index (χ3v) is 4.32. The maximum atomic E-state index is 12.6. The molecule has 0 aromatic carbocycles. The van der Waals surface area contributed by atoms with Crippen molar-refractivity contribution >= 4 is 29.3 Å². The number of rotatable bonds is 6. The third-order valence-electron chi connectivity index (χ3n) is 4.03. The average molecular weight is 419 g/mol. The summed E-state index contributed by atoms with van der Waals surface area (Å²) in [6.45, 7) is 3.11. The highest BCUT2D eigenvalue weighted by Gasteiger charge is 2.31. The molecule has 0 fully saturated rings. The topological polar surface area (TPSA) is 86.1 Å². The molecule has 7 nitrogen and oxygen atoms in total. The molecule has 2 aromatic rings. The minimum Gasteiger partial charge on any atom is -0.456 e. The van der Waals surface area contributed by atoms with Gasteiger partial charge in [-0.05, 0) is 31.9 Å². The first-order chi connectivity index (χ1) is 13.0. The number of nitrogens with zero attached hydrogens (tertiary/aromatic N) is 3. The maximum absolute atomic E-state index is 12.6. The van der Waals surface area contributed by atoms with Gasteiger partial charge in [-0.3, -0.25) is 14.3 Å². The fourth-order valence-corrected chi connectivity index (χ4v) is 2.69. The average Bonchev–Trinajstić information content (AvgIpc) is 2.84. The first kappa shape index (κ1) is 21.7. The summed E-state index contributed by atoms with van der Waals surface area (Å²) < 4.78 is 44.3. The lowest BCUT2D eigenvalue weighted by molar-refractivity contribution is -0.147. The first-order valence-corrected chi connectivity index (χ1v) is 8.54. The number of ether oxygens (including phenoxy) is 1. The Labute approximate surface area is 163 Å². The van der Waals surface area contributed by atoms with Gasteiger partial charge in [0.05, 0.1) is 16.3 Å². The molecule has 2 aromatic heterocycles. The molecule has 1 N–H and O–H groups in total. The Morgan fingerprint density at radius 2 is 2.00 bits per heavy atom. The fourth-order valence-electron chi connectivity index (χ4n) is 2.48. The van der Waals surface area contributed by atoms with Crippen molar-refractivity contribution in [2.24, 2.45) is 7.05 Å². The van der Waals surface area contributed by atoms with Crippen LogP contribution in [0.3, 0.4) is 0 Å². The van der Waals surface area contributed by atoms with E-state index in [1.807, 2.05) is 13.8 Å². The van der Waals surface area contributed by atoms with Crippen molar-refractivity contribution in [2.45, 2.75) is 32.9 Å². The molecule has 11 heteroatoms. The van der Waals surface area contributed by atoms with E-state index in [-0.39, 0.29) is 17.3 Å². The number of alkyl halides is 3. The van der Waals surface area contributed by atoms with Crippen LogP contribution >= 0.6 is 11.6 Å². The van der Waals surface area contributed by atoms with E-state index in [2.05, 4.69) is 15.4 Å². The van der Waals surface area contributed by atoms with Gasteiger partial charge in [0.15, 0.2) is 12.4 Å². The summed E-state index contributed by atoms with van der Waals surface area (Å²) in [6.07, 6.45) is -3.58. The van der Waals surface area contributed by atoms with Gasteiger partial charge in [0.1, 0.15) is 0 Å². The highest BCUT2D eigenvalue weighted by molar-refractivity contribution is 6.33. The zero-order chi connectivity index (χ0) is 21.1. The Balaban J connectivity index is 1.84. The number of aryl methyl sites for hydroxylation is 2. The highest BCUT2D eigenvalue weighted by atomic mass is 35.5. The largest absolute Gasteiger partial charge is 0.456 e. The predicted octanol–water partition coefficient (Wildman–Crippen LogP) is 3.22. The number of esters is 1. The quantitative estimate of drug-likeness (QED) is 0.728. The van der Waals surface area contributed by atoms with Gasteiger partial charge in [-0.1, -0.05) is 11.6 Å². The number of hydrogen-bond acceptors (Lipinski definition) is 5. The maximum Gasteiger partial charge on any atom is 0.417 e. The zero-order valence-corrected chi connectivity index (χ0v) is 16.1. The van der Waals surface area contributed by atoms with E-state index in [0.717, 1.165) is 17.0 Å². The van der Waals surface area contributed by atoms with Crippen LogP contribution in [0.1, 0.15) is 28.9 Å². The molecule has 28 heavy (non-hydrogen) atoms. The van der Waals surface area contributed by atoms with Crippen LogP contribution in [0.25, 0.3) is 0 Å². The van der Waals surface area contributed by atoms with Crippen molar-refractivity contribution in [1.82, 2.24) is 14.8 Å². The summed E-state index contributed by atoms with van der Waals surface area (Å²) in [5, 5.41) is 6.07. The van der Waals surface area contributed by atoms with Crippen LogP contribution in [-0.2, 0) is 34.0 Å². The zero-order valence-electron chi connectivity index (χ0n) is 15.4. The van der Waals surface area contributed by atoms with Gasteiger partial charge >= 0.3 is 12.1 Å². The second-order valence-electron chi connectivity index (χ2n) is 6.03. The van der Waals surface area contributed by atoms with Crippen LogP contribution < -0.4 is 5.32 Å². The minimum atomic E-state index is -4.60. The van der Waals surface area contributed by atoms with E-state index < -0.39 is 30.2 Å². The first-order valence-electron chi connectivity index (χ1n) is 8.16. The van der Waals surface area contributed by atoms with Crippen LogP contribution in [0.15, 0.2) is 12.3 Å². The normalized spacial score (nSPS) is 11.4. The highest BCUT2D eigenvalue weighted by Crippen LogP contribution is 2.32. The van der Waals surface area contributed by atoms with Gasteiger partial charge in [-0.2, -0.15) is 18.3 Å². The number of anilines is 1. The number of halogens is 4. The van der Waals surface area contributed by atoms with Crippen molar-refractivity contribution in [2.75, 3.05) is 11.9 Å². The van der Waals surface area contributed by atoms with Gasteiger partial charge in [-0.25, -0.2) is 4.98 Å². The Morgan fingerprint density at radius 3 is 2.54 bits per heavy atom. The van der Waals surface area contributed by atoms with E-state index in [9.17, 15) is 22.8 Å². The number of carbonyl (C=O) groups excluding carboxylic acids is 2. The van der Waals surface area contributed by atoms with Crippen LogP contribution in [0, 0.1) is 13.8 Å². The number of amides is 1. The predicted molar refractivity (Wildman–Crippen MR) is 94.8 cm³/mol. The molecule has 2 rings (SSSR count). The van der Waals surface area contributed by atoms with E-state index >= 15 is 0 Å². The fraction of sp³-hybridized carbons (Fsp3) is 0.412. The SMILES string of the molecule is Cc1nn(C)c(C)c1CCC(=O)OCC(=O)Nc1ncc(C(F)(F)F)cc1Cl. The van der Waals surface area contributed by atoms with Gasteiger partial charge in [0.2, 0.25) is 0 Å². The minimum absolute atomic E-state index is 0.0555. The van der Waals surface area contributed by atoms with Gasteiger partial charge < -0.3 is 10.1 Å². The smallest absolute Gasteiger partial charge is 0.417 e. The van der Waals surface area contributed by atoms with Gasteiger partial charge in [0.25, 0.3) is 5.91 Å². The van der Waals surface area contributed by atoms with Gasteiger partial charge in [0, 0.05) is 25.4 Å². The molecule has 1 amide bonds. The third kappa shape index (κ3) is 5.44. The van der Waals surface area contributed by atoms with Crippen LogP contribution in [0.2, 0.25) is 5.02 Å². The van der Waals surface area contributed by atoms with Crippen molar-refractivity contribution < 1.29 is 27.5 Å². The molecule has 0 saturated heterocycles. The second-order valence-corrected chi connectivity index (χ2v) is 6.44. The molecular formula is C17H18ClF3N4O3. The Morgan fingerprint density at radius 1 is 1.32 bits per heavy atom. The molecule has 0 spiro atoms. The van der Waals surface area contributed by atoms with E-state index in [4.69, 9.17) is 16.3 Å². The number of aromatic nitrogens is 3. The Kier molecular flexibility index (Phi) is 6.65. The Bertz CT molecular complexity index is 897. The van der Waals surface area contributed by atoms with Crippen LogP contribution in [-0.4, -0.2) is 33.2 Å². The van der Waals surface area contributed by atoms with E-state index in [0.29, 0.717) is 18.7 Å². The molecule has 0 aliphatic rings. The van der Waals surface area contributed by atoms with Crippen LogP contribution in [0.4, 0.5) is 19.0 Å². The standard InChI is InChI=1S/C17H18ClF3N4O3/c1-9-12(10(2)25(3)24-9)4-5-15(27)28-8-14(26)23-16-13(18)6-11(7-22-16)17(19,20)21/h6-7H,4-5,8H2,1-3H3,(H,22,23,26). The molecule has 152 valence electrons. The number of hydrogen-bond donors (Lipinski definition) is 1. The lowest BCUT2D eigenvalue weighted by atomic mass is 10.1. The summed E-state index contributed by atoms with van der Waals surface area (Å²) in [6, 6.07) is 0.648. The van der Waals surface area contributed by atoms with Crippen molar-refractivity contribution in [3.05, 3.63) is 39.8 Å². The molecule has 0 aliphatic heterocycles. The molecule has 0 atom stereocenters. The Hall–Kier alpha value is -2.62. The summed E-state index contributed by atoms with van der Waals surface area (Å²) in [7, 11) is 1.80. The molecule has 0 aliphatic carbocycles. The molecule has 0 saturated carbocycles. The number of nitrogens with one attached hydrogen (secondary N) is 1.